The summed E-state index contributed by atoms with van der Waals surface area (Å²) in [6.45, 7) is 8.06. The number of benzene rings is 1. The molecule has 19 heavy (non-hydrogen) atoms. The van der Waals surface area contributed by atoms with Gasteiger partial charge in [0.05, 0.1) is 5.56 Å². The number of nitrogens with one attached hydrogen (secondary N) is 1. The lowest BCUT2D eigenvalue weighted by atomic mass is 10.1. The molecular formula is C15H22N2OS. The van der Waals surface area contributed by atoms with Crippen molar-refractivity contribution in [3.05, 3.63) is 29.8 Å². The number of carbonyl (C=O) groups is 1. The van der Waals surface area contributed by atoms with Gasteiger partial charge in [-0.1, -0.05) is 19.1 Å². The van der Waals surface area contributed by atoms with Crippen LogP contribution in [0.25, 0.3) is 0 Å². The Balaban J connectivity index is 2.23. The number of hydrogen-bond acceptors (Lipinski definition) is 3. The number of rotatable bonds is 3. The second-order valence-corrected chi connectivity index (χ2v) is 6.38. The second-order valence-electron chi connectivity index (χ2n) is 4.89. The second kappa shape index (κ2) is 6.33. The molecule has 1 aliphatic rings. The molecule has 0 radical (unpaired) electrons. The first kappa shape index (κ1) is 14.3. The fraction of sp³-hybridized carbons (Fsp3) is 0.533. The number of anilines is 1. The van der Waals surface area contributed by atoms with E-state index in [-0.39, 0.29) is 5.91 Å². The van der Waals surface area contributed by atoms with Gasteiger partial charge in [0.2, 0.25) is 0 Å². The van der Waals surface area contributed by atoms with Crippen molar-refractivity contribution in [3.8, 4) is 0 Å². The zero-order valence-corrected chi connectivity index (χ0v) is 12.7. The number of amides is 1. The zero-order valence-electron chi connectivity index (χ0n) is 11.8. The maximum atomic E-state index is 12.7. The molecule has 1 fully saturated rings. The summed E-state index contributed by atoms with van der Waals surface area (Å²) in [6.07, 6.45) is 0. The van der Waals surface area contributed by atoms with E-state index in [1.807, 2.05) is 47.9 Å². The summed E-state index contributed by atoms with van der Waals surface area (Å²) in [4.78, 5) is 14.7. The molecule has 1 aromatic rings. The van der Waals surface area contributed by atoms with E-state index in [2.05, 4.69) is 19.2 Å². The first-order chi connectivity index (χ1) is 9.15. The number of carbonyl (C=O) groups excluding carboxylic acids is 1. The topological polar surface area (TPSA) is 32.3 Å². The Bertz CT molecular complexity index is 450. The van der Waals surface area contributed by atoms with Crippen molar-refractivity contribution in [3.63, 3.8) is 0 Å². The molecule has 0 saturated carbocycles. The van der Waals surface area contributed by atoms with E-state index in [0.717, 1.165) is 30.1 Å². The van der Waals surface area contributed by atoms with Crippen LogP contribution in [0.3, 0.4) is 0 Å². The van der Waals surface area contributed by atoms with Gasteiger partial charge >= 0.3 is 0 Å². The van der Waals surface area contributed by atoms with Crippen LogP contribution in [0, 0.1) is 0 Å². The van der Waals surface area contributed by atoms with Crippen molar-refractivity contribution in [2.45, 2.75) is 32.1 Å². The molecule has 2 atom stereocenters. The first-order valence-electron chi connectivity index (χ1n) is 6.90. The van der Waals surface area contributed by atoms with Gasteiger partial charge in [-0.3, -0.25) is 4.79 Å². The van der Waals surface area contributed by atoms with Gasteiger partial charge in [0.25, 0.3) is 5.91 Å². The fourth-order valence-electron chi connectivity index (χ4n) is 2.39. The van der Waals surface area contributed by atoms with Crippen molar-refractivity contribution >= 4 is 23.4 Å². The van der Waals surface area contributed by atoms with E-state index in [0.29, 0.717) is 11.3 Å². The Morgan fingerprint density at radius 2 is 2.16 bits per heavy atom. The largest absolute Gasteiger partial charge is 0.385 e. The number of hydrogen-bond donors (Lipinski definition) is 1. The monoisotopic (exact) mass is 278 g/mol. The highest BCUT2D eigenvalue weighted by atomic mass is 32.2. The highest BCUT2D eigenvalue weighted by Gasteiger charge is 2.30. The van der Waals surface area contributed by atoms with Crippen molar-refractivity contribution in [1.29, 1.82) is 0 Å². The Kier molecular flexibility index (Phi) is 4.75. The van der Waals surface area contributed by atoms with Crippen LogP contribution in [0.5, 0.6) is 0 Å². The lowest BCUT2D eigenvalue weighted by molar-refractivity contribution is 0.0699. The third-order valence-electron chi connectivity index (χ3n) is 3.67. The highest BCUT2D eigenvalue weighted by Crippen LogP contribution is 2.27. The summed E-state index contributed by atoms with van der Waals surface area (Å²) < 4.78 is 0. The summed E-state index contributed by atoms with van der Waals surface area (Å²) in [5.74, 6) is 1.18. The third kappa shape index (κ3) is 3.06. The molecule has 3 nitrogen and oxygen atoms in total. The van der Waals surface area contributed by atoms with Crippen molar-refractivity contribution in [1.82, 2.24) is 4.90 Å². The van der Waals surface area contributed by atoms with Crippen LogP contribution in [0.4, 0.5) is 5.69 Å². The Morgan fingerprint density at radius 3 is 2.89 bits per heavy atom. The van der Waals surface area contributed by atoms with Gasteiger partial charge in [-0.15, -0.1) is 0 Å². The van der Waals surface area contributed by atoms with Crippen molar-refractivity contribution < 1.29 is 4.79 Å². The van der Waals surface area contributed by atoms with E-state index in [1.54, 1.807) is 0 Å². The Morgan fingerprint density at radius 1 is 1.42 bits per heavy atom. The molecule has 104 valence electrons. The summed E-state index contributed by atoms with van der Waals surface area (Å²) in [6, 6.07) is 8.08. The minimum absolute atomic E-state index is 0.149. The van der Waals surface area contributed by atoms with Gasteiger partial charge in [0.15, 0.2) is 0 Å². The van der Waals surface area contributed by atoms with Crippen LogP contribution in [0.2, 0.25) is 0 Å². The maximum absolute atomic E-state index is 12.7. The molecule has 2 rings (SSSR count). The molecule has 0 bridgehead atoms. The molecule has 1 amide bonds. The average Bonchev–Trinajstić information content (AvgIpc) is 2.42. The smallest absolute Gasteiger partial charge is 0.256 e. The van der Waals surface area contributed by atoms with E-state index >= 15 is 0 Å². The highest BCUT2D eigenvalue weighted by molar-refractivity contribution is 8.00. The quantitative estimate of drug-likeness (QED) is 0.922. The summed E-state index contributed by atoms with van der Waals surface area (Å²) in [5, 5.41) is 3.77. The average molecular weight is 278 g/mol. The van der Waals surface area contributed by atoms with Crippen molar-refractivity contribution in [2.75, 3.05) is 24.2 Å². The minimum atomic E-state index is 0.149. The van der Waals surface area contributed by atoms with Gasteiger partial charge in [0.1, 0.15) is 0 Å². The molecule has 0 spiro atoms. The SMILES string of the molecule is CCNc1ccccc1C(=O)N1CCSC(C)C1C. The van der Waals surface area contributed by atoms with E-state index in [9.17, 15) is 4.79 Å². The molecule has 1 aromatic carbocycles. The van der Waals surface area contributed by atoms with Crippen LogP contribution >= 0.6 is 11.8 Å². The summed E-state index contributed by atoms with van der Waals surface area (Å²) in [7, 11) is 0. The van der Waals surface area contributed by atoms with Crippen LogP contribution < -0.4 is 5.32 Å². The van der Waals surface area contributed by atoms with Gasteiger partial charge in [-0.2, -0.15) is 11.8 Å². The van der Waals surface area contributed by atoms with Gasteiger partial charge < -0.3 is 10.2 Å². The summed E-state index contributed by atoms with van der Waals surface area (Å²) >= 11 is 1.95. The molecule has 1 heterocycles. The predicted octanol–water partition coefficient (Wildman–Crippen LogP) is 3.08. The zero-order chi connectivity index (χ0) is 13.8. The Hall–Kier alpha value is -1.16. The Labute approximate surface area is 119 Å². The standard InChI is InChI=1S/C15H22N2OS/c1-4-16-14-8-6-5-7-13(14)15(18)17-9-10-19-12(3)11(17)2/h5-8,11-12,16H,4,9-10H2,1-3H3. The van der Waals surface area contributed by atoms with Gasteiger partial charge in [-0.25, -0.2) is 0 Å². The molecule has 0 aliphatic carbocycles. The number of nitrogens with zero attached hydrogens (tertiary/aromatic N) is 1. The molecule has 1 aliphatic heterocycles. The molecule has 1 N–H and O–H groups in total. The van der Waals surface area contributed by atoms with Crippen molar-refractivity contribution in [2.24, 2.45) is 0 Å². The summed E-state index contributed by atoms with van der Waals surface area (Å²) in [5.41, 5.74) is 1.73. The van der Waals surface area contributed by atoms with E-state index in [1.165, 1.54) is 0 Å². The van der Waals surface area contributed by atoms with E-state index < -0.39 is 0 Å². The first-order valence-corrected chi connectivity index (χ1v) is 7.95. The maximum Gasteiger partial charge on any atom is 0.256 e. The number of thioether (sulfide) groups is 1. The minimum Gasteiger partial charge on any atom is -0.385 e. The van der Waals surface area contributed by atoms with Gasteiger partial charge in [0, 0.05) is 35.8 Å². The van der Waals surface area contributed by atoms with Crippen LogP contribution in [-0.2, 0) is 0 Å². The molecule has 0 aromatic heterocycles. The van der Waals surface area contributed by atoms with Crippen LogP contribution in [0.1, 0.15) is 31.1 Å². The van der Waals surface area contributed by atoms with Gasteiger partial charge in [-0.05, 0) is 26.0 Å². The molecular weight excluding hydrogens is 256 g/mol. The molecule has 4 heteroatoms. The third-order valence-corrected chi connectivity index (χ3v) is 5.01. The fourth-order valence-corrected chi connectivity index (χ4v) is 3.49. The lowest BCUT2D eigenvalue weighted by Crippen LogP contribution is -2.48. The normalized spacial score (nSPS) is 23.2. The molecule has 2 unspecified atom stereocenters. The lowest BCUT2D eigenvalue weighted by Gasteiger charge is -2.37. The van der Waals surface area contributed by atoms with E-state index in [4.69, 9.17) is 0 Å². The number of para-hydroxylation sites is 1. The predicted molar refractivity (Wildman–Crippen MR) is 83.0 cm³/mol. The van der Waals surface area contributed by atoms with Crippen LogP contribution in [-0.4, -0.2) is 40.9 Å². The van der Waals surface area contributed by atoms with Crippen LogP contribution in [0.15, 0.2) is 24.3 Å². The molecule has 1 saturated heterocycles.